The van der Waals surface area contributed by atoms with E-state index in [1.807, 2.05) is 32.9 Å². The minimum Gasteiger partial charge on any atom is -0.465 e. The number of amides is 2. The zero-order valence-electron chi connectivity index (χ0n) is 16.8. The number of benzene rings is 2. The number of anilines is 1. The number of rotatable bonds is 6. The van der Waals surface area contributed by atoms with Crippen molar-refractivity contribution >= 4 is 23.5 Å². The van der Waals surface area contributed by atoms with Gasteiger partial charge in [0.25, 0.3) is 5.91 Å². The summed E-state index contributed by atoms with van der Waals surface area (Å²) in [5.74, 6) is -1.16. The van der Waals surface area contributed by atoms with E-state index in [2.05, 4.69) is 10.6 Å². The number of carbonyl (C=O) groups is 3. The van der Waals surface area contributed by atoms with E-state index in [-0.39, 0.29) is 17.7 Å². The van der Waals surface area contributed by atoms with Gasteiger partial charge >= 0.3 is 5.97 Å². The van der Waals surface area contributed by atoms with Crippen molar-refractivity contribution in [3.8, 4) is 0 Å². The van der Waals surface area contributed by atoms with Crippen molar-refractivity contribution in [3.63, 3.8) is 0 Å². The highest BCUT2D eigenvalue weighted by Crippen LogP contribution is 2.18. The van der Waals surface area contributed by atoms with Gasteiger partial charge in [-0.1, -0.05) is 31.5 Å². The fourth-order valence-corrected chi connectivity index (χ4v) is 2.72. The van der Waals surface area contributed by atoms with Gasteiger partial charge in [-0.05, 0) is 55.7 Å². The lowest BCUT2D eigenvalue weighted by molar-refractivity contribution is -0.118. The first-order valence-electron chi connectivity index (χ1n) is 9.10. The molecule has 0 saturated heterocycles. The third-order valence-electron chi connectivity index (χ3n) is 4.45. The molecule has 0 aliphatic carbocycles. The molecule has 1 unspecified atom stereocenters. The van der Waals surface area contributed by atoms with Crippen LogP contribution in [0.25, 0.3) is 0 Å². The van der Waals surface area contributed by atoms with E-state index in [4.69, 9.17) is 4.74 Å². The molecule has 2 rings (SSSR count). The molecule has 2 aromatic rings. The van der Waals surface area contributed by atoms with Crippen molar-refractivity contribution in [1.82, 2.24) is 5.32 Å². The van der Waals surface area contributed by atoms with Crippen LogP contribution in [0.3, 0.4) is 0 Å². The van der Waals surface area contributed by atoms with E-state index < -0.39 is 12.0 Å². The van der Waals surface area contributed by atoms with Crippen molar-refractivity contribution in [2.75, 3.05) is 12.4 Å². The fourth-order valence-electron chi connectivity index (χ4n) is 2.72. The molecule has 1 atom stereocenters. The summed E-state index contributed by atoms with van der Waals surface area (Å²) in [6, 6.07) is 11.4. The van der Waals surface area contributed by atoms with Crippen LogP contribution in [0.4, 0.5) is 5.69 Å². The Morgan fingerprint density at radius 2 is 1.54 bits per heavy atom. The van der Waals surface area contributed by atoms with Gasteiger partial charge in [-0.2, -0.15) is 0 Å². The molecular formula is C22H26N2O4. The second-order valence-electron chi connectivity index (χ2n) is 7.07. The Morgan fingerprint density at radius 1 is 0.929 bits per heavy atom. The Labute approximate surface area is 165 Å². The van der Waals surface area contributed by atoms with Gasteiger partial charge in [0.05, 0.1) is 12.7 Å². The fraction of sp³-hybridized carbons (Fsp3) is 0.318. The average molecular weight is 382 g/mol. The maximum absolute atomic E-state index is 12.8. The number of aryl methyl sites for hydroxylation is 2. The normalized spacial score (nSPS) is 11.6. The van der Waals surface area contributed by atoms with Crippen LogP contribution in [0.15, 0.2) is 42.5 Å². The van der Waals surface area contributed by atoms with Crippen LogP contribution in [-0.2, 0) is 9.53 Å². The van der Waals surface area contributed by atoms with Crippen molar-refractivity contribution in [2.24, 2.45) is 5.92 Å². The van der Waals surface area contributed by atoms with Gasteiger partial charge in [-0.15, -0.1) is 0 Å². The number of nitrogens with one attached hydrogen (secondary N) is 2. The number of esters is 1. The maximum Gasteiger partial charge on any atom is 0.337 e. The average Bonchev–Trinajstić information content (AvgIpc) is 2.66. The number of ether oxygens (including phenoxy) is 1. The molecule has 28 heavy (non-hydrogen) atoms. The molecule has 0 heterocycles. The van der Waals surface area contributed by atoms with Crippen LogP contribution in [-0.4, -0.2) is 30.9 Å². The summed E-state index contributed by atoms with van der Waals surface area (Å²) in [7, 11) is 1.32. The predicted molar refractivity (Wildman–Crippen MR) is 108 cm³/mol. The van der Waals surface area contributed by atoms with E-state index in [0.717, 1.165) is 11.1 Å². The molecule has 6 nitrogen and oxygen atoms in total. The number of carbonyl (C=O) groups excluding carboxylic acids is 3. The van der Waals surface area contributed by atoms with Crippen molar-refractivity contribution in [1.29, 1.82) is 0 Å². The number of hydrogen-bond acceptors (Lipinski definition) is 4. The van der Waals surface area contributed by atoms with Crippen LogP contribution in [0.1, 0.15) is 45.7 Å². The standard InChI is InChI=1S/C22H26N2O4/c1-13(2)19(24-20(25)16-8-6-14(3)7-9-16)21(26)23-18-11-10-17(12-15(18)4)22(27)28-5/h6-13,19H,1-5H3,(H,23,26)(H,24,25). The van der Waals surface area contributed by atoms with Crippen LogP contribution >= 0.6 is 0 Å². The highest BCUT2D eigenvalue weighted by molar-refractivity contribution is 6.02. The molecule has 0 aromatic heterocycles. The van der Waals surface area contributed by atoms with E-state index in [1.165, 1.54) is 7.11 Å². The molecule has 0 fully saturated rings. The van der Waals surface area contributed by atoms with Crippen molar-refractivity contribution in [3.05, 3.63) is 64.7 Å². The molecule has 0 aliphatic heterocycles. The second kappa shape index (κ2) is 9.17. The first-order chi connectivity index (χ1) is 13.2. The lowest BCUT2D eigenvalue weighted by atomic mass is 10.0. The first-order valence-corrected chi connectivity index (χ1v) is 9.10. The maximum atomic E-state index is 12.8. The zero-order valence-corrected chi connectivity index (χ0v) is 16.8. The molecule has 2 aromatic carbocycles. The molecule has 2 amide bonds. The predicted octanol–water partition coefficient (Wildman–Crippen LogP) is 3.48. The van der Waals surface area contributed by atoms with Gasteiger partial charge in [0, 0.05) is 11.3 Å². The third kappa shape index (κ3) is 5.19. The van der Waals surface area contributed by atoms with Gasteiger partial charge in [-0.3, -0.25) is 9.59 Å². The summed E-state index contributed by atoms with van der Waals surface area (Å²) in [5.41, 5.74) is 3.27. The molecule has 2 N–H and O–H groups in total. The van der Waals surface area contributed by atoms with Crippen LogP contribution in [0.5, 0.6) is 0 Å². The Kier molecular flexibility index (Phi) is 6.93. The topological polar surface area (TPSA) is 84.5 Å². The highest BCUT2D eigenvalue weighted by atomic mass is 16.5. The second-order valence-corrected chi connectivity index (χ2v) is 7.07. The van der Waals surface area contributed by atoms with Gasteiger partial charge in [0.2, 0.25) is 5.91 Å². The van der Waals surface area contributed by atoms with Crippen LogP contribution in [0.2, 0.25) is 0 Å². The first kappa shape index (κ1) is 21.2. The van der Waals surface area contributed by atoms with Gasteiger partial charge in [-0.25, -0.2) is 4.79 Å². The van der Waals surface area contributed by atoms with Gasteiger partial charge < -0.3 is 15.4 Å². The van der Waals surface area contributed by atoms with E-state index in [0.29, 0.717) is 16.8 Å². The molecule has 0 bridgehead atoms. The van der Waals surface area contributed by atoms with E-state index >= 15 is 0 Å². The lowest BCUT2D eigenvalue weighted by Gasteiger charge is -2.22. The largest absolute Gasteiger partial charge is 0.465 e. The Balaban J connectivity index is 2.13. The van der Waals surface area contributed by atoms with Gasteiger partial charge in [0.1, 0.15) is 6.04 Å². The number of hydrogen-bond donors (Lipinski definition) is 2. The lowest BCUT2D eigenvalue weighted by Crippen LogP contribution is -2.47. The molecular weight excluding hydrogens is 356 g/mol. The molecule has 0 radical (unpaired) electrons. The summed E-state index contributed by atoms with van der Waals surface area (Å²) < 4.78 is 4.70. The smallest absolute Gasteiger partial charge is 0.337 e. The van der Waals surface area contributed by atoms with Gasteiger partial charge in [0.15, 0.2) is 0 Å². The van der Waals surface area contributed by atoms with Crippen LogP contribution < -0.4 is 10.6 Å². The SMILES string of the molecule is COC(=O)c1ccc(NC(=O)C(NC(=O)c2ccc(C)cc2)C(C)C)c(C)c1. The van der Waals surface area contributed by atoms with E-state index in [9.17, 15) is 14.4 Å². The molecule has 0 saturated carbocycles. The highest BCUT2D eigenvalue weighted by Gasteiger charge is 2.25. The Morgan fingerprint density at radius 3 is 2.07 bits per heavy atom. The summed E-state index contributed by atoms with van der Waals surface area (Å²) in [4.78, 5) is 36.9. The molecule has 0 spiro atoms. The monoisotopic (exact) mass is 382 g/mol. The summed E-state index contributed by atoms with van der Waals surface area (Å²) in [5, 5.41) is 5.64. The summed E-state index contributed by atoms with van der Waals surface area (Å²) in [6.07, 6.45) is 0. The minimum absolute atomic E-state index is 0.107. The molecule has 0 aliphatic rings. The van der Waals surface area contributed by atoms with Crippen molar-refractivity contribution in [2.45, 2.75) is 33.7 Å². The van der Waals surface area contributed by atoms with Crippen molar-refractivity contribution < 1.29 is 19.1 Å². The molecule has 6 heteroatoms. The number of methoxy groups -OCH3 is 1. The summed E-state index contributed by atoms with van der Waals surface area (Å²) in [6.45, 7) is 7.47. The third-order valence-corrected chi connectivity index (χ3v) is 4.45. The van der Waals surface area contributed by atoms with Crippen LogP contribution in [0, 0.1) is 19.8 Å². The Bertz CT molecular complexity index is 873. The quantitative estimate of drug-likeness (QED) is 0.749. The summed E-state index contributed by atoms with van der Waals surface area (Å²) >= 11 is 0. The minimum atomic E-state index is -0.700. The zero-order chi connectivity index (χ0) is 20.8. The van der Waals surface area contributed by atoms with E-state index in [1.54, 1.807) is 37.3 Å². The Hall–Kier alpha value is -3.15. The molecule has 148 valence electrons.